The van der Waals surface area contributed by atoms with Crippen LogP contribution in [0.5, 0.6) is 0 Å². The Morgan fingerprint density at radius 2 is 1.38 bits per heavy atom. The van der Waals surface area contributed by atoms with Crippen LogP contribution in [0.25, 0.3) is 11.1 Å². The maximum absolute atomic E-state index is 12.5. The smallest absolute Gasteiger partial charge is 0.416 e. The number of carboxylic acid groups (broad SMARTS) is 1. The molecule has 0 aromatic heterocycles. The van der Waals surface area contributed by atoms with Gasteiger partial charge in [0.2, 0.25) is 0 Å². The molecule has 0 aliphatic rings. The van der Waals surface area contributed by atoms with Gasteiger partial charge in [-0.05, 0) is 28.8 Å². The van der Waals surface area contributed by atoms with Crippen LogP contribution in [0, 0.1) is 0 Å². The molecule has 2 nitrogen and oxygen atoms in total. The van der Waals surface area contributed by atoms with Crippen LogP contribution in [0.4, 0.5) is 13.2 Å². The molecule has 1 N–H and O–H groups in total. The average Bonchev–Trinajstić information content (AvgIpc) is 2.46. The highest BCUT2D eigenvalue weighted by molar-refractivity contribution is 6.29. The monoisotopic (exact) mass is 314 g/mol. The third-order valence-corrected chi connectivity index (χ3v) is 3.40. The van der Waals surface area contributed by atoms with Crippen molar-refractivity contribution in [2.75, 3.05) is 0 Å². The van der Waals surface area contributed by atoms with Crippen molar-refractivity contribution >= 4 is 17.6 Å². The standard InChI is InChI=1S/C15H10ClF3O2/c16-13(14(20)21)11-3-1-9(2-4-11)10-5-7-12(8-6-10)15(17,18)19/h1-8,13H,(H,20,21). The summed E-state index contributed by atoms with van der Waals surface area (Å²) in [7, 11) is 0. The minimum Gasteiger partial charge on any atom is -0.480 e. The molecule has 0 amide bonds. The molecule has 0 bridgehead atoms. The summed E-state index contributed by atoms with van der Waals surface area (Å²) in [4.78, 5) is 10.7. The van der Waals surface area contributed by atoms with E-state index in [1.807, 2.05) is 0 Å². The first-order chi connectivity index (χ1) is 9.79. The van der Waals surface area contributed by atoms with E-state index in [0.29, 0.717) is 16.7 Å². The molecule has 0 fully saturated rings. The lowest BCUT2D eigenvalue weighted by molar-refractivity contribution is -0.138. The highest BCUT2D eigenvalue weighted by atomic mass is 35.5. The Bertz CT molecular complexity index is 633. The van der Waals surface area contributed by atoms with Gasteiger partial charge in [0.05, 0.1) is 5.56 Å². The summed E-state index contributed by atoms with van der Waals surface area (Å²) < 4.78 is 37.4. The lowest BCUT2D eigenvalue weighted by Crippen LogP contribution is -2.04. The van der Waals surface area contributed by atoms with Crippen molar-refractivity contribution in [1.82, 2.24) is 0 Å². The molecule has 2 rings (SSSR count). The molecule has 2 aromatic rings. The third-order valence-electron chi connectivity index (χ3n) is 2.97. The number of carboxylic acids is 1. The molecule has 21 heavy (non-hydrogen) atoms. The molecule has 0 radical (unpaired) electrons. The highest BCUT2D eigenvalue weighted by Gasteiger charge is 2.29. The Hall–Kier alpha value is -2.01. The van der Waals surface area contributed by atoms with Gasteiger partial charge >= 0.3 is 12.1 Å². The van der Waals surface area contributed by atoms with Crippen LogP contribution in [0.3, 0.4) is 0 Å². The highest BCUT2D eigenvalue weighted by Crippen LogP contribution is 2.31. The minimum atomic E-state index is -4.37. The topological polar surface area (TPSA) is 37.3 Å². The number of alkyl halides is 4. The van der Waals surface area contributed by atoms with Gasteiger partial charge in [-0.3, -0.25) is 4.79 Å². The van der Waals surface area contributed by atoms with Crippen molar-refractivity contribution in [1.29, 1.82) is 0 Å². The molecule has 2 aromatic carbocycles. The maximum Gasteiger partial charge on any atom is 0.416 e. The molecule has 110 valence electrons. The van der Waals surface area contributed by atoms with E-state index < -0.39 is 23.1 Å². The minimum absolute atomic E-state index is 0.417. The Balaban J connectivity index is 2.25. The van der Waals surface area contributed by atoms with Crippen LogP contribution in [0.15, 0.2) is 48.5 Å². The van der Waals surface area contributed by atoms with Crippen molar-refractivity contribution in [3.63, 3.8) is 0 Å². The number of rotatable bonds is 3. The summed E-state index contributed by atoms with van der Waals surface area (Å²) >= 11 is 5.69. The van der Waals surface area contributed by atoms with Crippen molar-refractivity contribution in [2.24, 2.45) is 0 Å². The summed E-state index contributed by atoms with van der Waals surface area (Å²) in [5.74, 6) is -1.15. The first-order valence-corrected chi connectivity index (χ1v) is 6.37. The number of hydrogen-bond acceptors (Lipinski definition) is 1. The number of hydrogen-bond donors (Lipinski definition) is 1. The van der Waals surface area contributed by atoms with Gasteiger partial charge in [0.15, 0.2) is 5.38 Å². The Kier molecular flexibility index (Phi) is 4.23. The molecular formula is C15H10ClF3O2. The fraction of sp³-hybridized carbons (Fsp3) is 0.133. The normalized spacial score (nSPS) is 13.0. The van der Waals surface area contributed by atoms with Gasteiger partial charge in [-0.15, -0.1) is 11.6 Å². The van der Waals surface area contributed by atoms with Crippen LogP contribution in [-0.2, 0) is 11.0 Å². The van der Waals surface area contributed by atoms with Gasteiger partial charge in [-0.2, -0.15) is 13.2 Å². The molecule has 6 heteroatoms. The Labute approximate surface area is 123 Å². The largest absolute Gasteiger partial charge is 0.480 e. The van der Waals surface area contributed by atoms with Crippen molar-refractivity contribution in [3.05, 3.63) is 59.7 Å². The number of aliphatic carboxylic acids is 1. The van der Waals surface area contributed by atoms with Crippen LogP contribution in [0.2, 0.25) is 0 Å². The van der Waals surface area contributed by atoms with E-state index in [1.165, 1.54) is 12.1 Å². The summed E-state index contributed by atoms with van der Waals surface area (Å²) in [6.07, 6.45) is -4.37. The lowest BCUT2D eigenvalue weighted by atomic mass is 10.0. The first-order valence-electron chi connectivity index (χ1n) is 5.93. The predicted octanol–water partition coefficient (Wildman–Crippen LogP) is 4.74. The van der Waals surface area contributed by atoms with E-state index in [2.05, 4.69) is 0 Å². The van der Waals surface area contributed by atoms with E-state index in [1.54, 1.807) is 24.3 Å². The van der Waals surface area contributed by atoms with Crippen molar-refractivity contribution in [3.8, 4) is 11.1 Å². The molecule has 0 aliphatic carbocycles. The molecule has 0 aliphatic heterocycles. The number of benzene rings is 2. The lowest BCUT2D eigenvalue weighted by Gasteiger charge is -2.09. The van der Waals surface area contributed by atoms with E-state index in [4.69, 9.17) is 16.7 Å². The SMILES string of the molecule is O=C(O)C(Cl)c1ccc(-c2ccc(C(F)(F)F)cc2)cc1. The summed E-state index contributed by atoms with van der Waals surface area (Å²) in [6.45, 7) is 0. The maximum atomic E-state index is 12.5. The van der Waals surface area contributed by atoms with E-state index in [-0.39, 0.29) is 0 Å². The van der Waals surface area contributed by atoms with Crippen LogP contribution in [0.1, 0.15) is 16.5 Å². The van der Waals surface area contributed by atoms with Crippen LogP contribution < -0.4 is 0 Å². The molecule has 0 saturated heterocycles. The average molecular weight is 315 g/mol. The Morgan fingerprint density at radius 3 is 1.76 bits per heavy atom. The molecule has 0 heterocycles. The number of halogens is 4. The first kappa shape index (κ1) is 15.4. The molecule has 0 saturated carbocycles. The second-order valence-electron chi connectivity index (χ2n) is 4.40. The van der Waals surface area contributed by atoms with Gasteiger partial charge in [0.1, 0.15) is 0 Å². The van der Waals surface area contributed by atoms with Crippen molar-refractivity contribution < 1.29 is 23.1 Å². The summed E-state index contributed by atoms with van der Waals surface area (Å²) in [5, 5.41) is 7.64. The molecule has 1 atom stereocenters. The van der Waals surface area contributed by atoms with Gasteiger partial charge in [-0.25, -0.2) is 0 Å². The predicted molar refractivity (Wildman–Crippen MR) is 73.1 cm³/mol. The quantitative estimate of drug-likeness (QED) is 0.831. The second-order valence-corrected chi connectivity index (χ2v) is 4.83. The van der Waals surface area contributed by atoms with E-state index in [0.717, 1.165) is 12.1 Å². The van der Waals surface area contributed by atoms with Crippen LogP contribution >= 0.6 is 11.6 Å². The Morgan fingerprint density at radius 1 is 0.952 bits per heavy atom. The molecule has 1 unspecified atom stereocenters. The van der Waals surface area contributed by atoms with Gasteiger partial charge in [0, 0.05) is 0 Å². The second kappa shape index (κ2) is 5.77. The zero-order valence-electron chi connectivity index (χ0n) is 10.6. The molecular weight excluding hydrogens is 305 g/mol. The number of carbonyl (C=O) groups is 1. The fourth-order valence-corrected chi connectivity index (χ4v) is 1.98. The van der Waals surface area contributed by atoms with Crippen molar-refractivity contribution in [2.45, 2.75) is 11.6 Å². The molecule has 0 spiro atoms. The fourth-order valence-electron chi connectivity index (χ4n) is 1.84. The summed E-state index contributed by atoms with van der Waals surface area (Å²) in [6, 6.07) is 11.1. The zero-order chi connectivity index (χ0) is 15.6. The van der Waals surface area contributed by atoms with E-state index >= 15 is 0 Å². The van der Waals surface area contributed by atoms with Gasteiger partial charge in [0.25, 0.3) is 0 Å². The zero-order valence-corrected chi connectivity index (χ0v) is 11.3. The van der Waals surface area contributed by atoms with Gasteiger partial charge < -0.3 is 5.11 Å². The summed E-state index contributed by atoms with van der Waals surface area (Å²) in [5.41, 5.74) is 0.993. The van der Waals surface area contributed by atoms with Crippen LogP contribution in [-0.4, -0.2) is 11.1 Å². The van der Waals surface area contributed by atoms with Gasteiger partial charge in [-0.1, -0.05) is 36.4 Å². The van der Waals surface area contributed by atoms with E-state index in [9.17, 15) is 18.0 Å². The third kappa shape index (κ3) is 3.55.